The third kappa shape index (κ3) is 2.12. The average Bonchev–Trinajstić information content (AvgIpc) is 3.32. The van der Waals surface area contributed by atoms with Crippen LogP contribution < -0.4 is 0 Å². The molecule has 0 fully saturated rings. The molecular formula is C32H22. The van der Waals surface area contributed by atoms with Crippen LogP contribution in [0.25, 0.3) is 33.4 Å². The van der Waals surface area contributed by atoms with Gasteiger partial charge in [-0.3, -0.25) is 0 Å². The third-order valence-electron chi connectivity index (χ3n) is 7.38. The molecule has 0 aliphatic heterocycles. The number of hydrogen-bond donors (Lipinski definition) is 0. The van der Waals surface area contributed by atoms with Crippen molar-refractivity contribution in [3.63, 3.8) is 0 Å². The van der Waals surface area contributed by atoms with Gasteiger partial charge in [-0.1, -0.05) is 115 Å². The van der Waals surface area contributed by atoms with Gasteiger partial charge in [0, 0.05) is 0 Å². The lowest BCUT2D eigenvalue weighted by atomic mass is 9.70. The Labute approximate surface area is 188 Å². The second kappa shape index (κ2) is 6.31. The monoisotopic (exact) mass is 406 g/mol. The Morgan fingerprint density at radius 2 is 0.844 bits per heavy atom. The molecule has 2 aliphatic carbocycles. The molecule has 0 heterocycles. The van der Waals surface area contributed by atoms with Crippen molar-refractivity contribution < 1.29 is 0 Å². The van der Waals surface area contributed by atoms with Gasteiger partial charge < -0.3 is 0 Å². The highest BCUT2D eigenvalue weighted by Gasteiger charge is 2.51. The maximum Gasteiger partial charge on any atom is 0.0725 e. The van der Waals surface area contributed by atoms with Crippen molar-refractivity contribution in [1.82, 2.24) is 0 Å². The van der Waals surface area contributed by atoms with Gasteiger partial charge in [0.1, 0.15) is 0 Å². The van der Waals surface area contributed by atoms with Crippen molar-refractivity contribution in [2.24, 2.45) is 0 Å². The van der Waals surface area contributed by atoms with E-state index >= 15 is 0 Å². The average molecular weight is 407 g/mol. The van der Waals surface area contributed by atoms with Gasteiger partial charge >= 0.3 is 0 Å². The standard InChI is InChI=1S/C32H22/c1-21-14-16-22(17-15-21)23-18-19-31-27(20-23)26-10-4-7-13-30(26)32(31)28-11-5-2-8-24(28)25-9-3-6-12-29(25)32/h2-20H,1H3. The van der Waals surface area contributed by atoms with Crippen LogP contribution in [-0.2, 0) is 5.41 Å². The highest BCUT2D eigenvalue weighted by molar-refractivity contribution is 5.95. The van der Waals surface area contributed by atoms with Crippen LogP contribution in [0.1, 0.15) is 27.8 Å². The maximum atomic E-state index is 2.40. The summed E-state index contributed by atoms with van der Waals surface area (Å²) in [6, 6.07) is 42.9. The Bertz CT molecular complexity index is 1470. The highest BCUT2D eigenvalue weighted by atomic mass is 14.5. The molecule has 7 rings (SSSR count). The van der Waals surface area contributed by atoms with Gasteiger partial charge in [0.25, 0.3) is 0 Å². The van der Waals surface area contributed by atoms with Crippen molar-refractivity contribution in [3.8, 4) is 33.4 Å². The van der Waals surface area contributed by atoms with Crippen molar-refractivity contribution in [2.45, 2.75) is 12.3 Å². The first-order chi connectivity index (χ1) is 15.8. The second-order valence-corrected chi connectivity index (χ2v) is 9.01. The fourth-order valence-electron chi connectivity index (χ4n) is 6.03. The summed E-state index contributed by atoms with van der Waals surface area (Å²) in [5.41, 5.74) is 14.6. The molecule has 0 nitrogen and oxygen atoms in total. The smallest absolute Gasteiger partial charge is 0.0619 e. The lowest BCUT2D eigenvalue weighted by Crippen LogP contribution is -2.25. The summed E-state index contributed by atoms with van der Waals surface area (Å²) in [6.45, 7) is 2.14. The van der Waals surface area contributed by atoms with Crippen LogP contribution in [0, 0.1) is 6.92 Å². The number of rotatable bonds is 1. The SMILES string of the molecule is Cc1ccc(-c2ccc3c(c2)-c2ccccc2C32c3ccccc3-c3ccccc32)cc1. The molecule has 32 heavy (non-hydrogen) atoms. The Kier molecular flexibility index (Phi) is 3.50. The number of aryl methyl sites for hydroxylation is 1. The van der Waals surface area contributed by atoms with Gasteiger partial charge in [-0.2, -0.15) is 0 Å². The van der Waals surface area contributed by atoms with E-state index in [1.54, 1.807) is 0 Å². The van der Waals surface area contributed by atoms with Crippen LogP contribution in [0.3, 0.4) is 0 Å². The Balaban J connectivity index is 1.58. The van der Waals surface area contributed by atoms with E-state index in [4.69, 9.17) is 0 Å². The van der Waals surface area contributed by atoms with Gasteiger partial charge in [-0.15, -0.1) is 0 Å². The minimum atomic E-state index is -0.245. The Morgan fingerprint density at radius 3 is 1.41 bits per heavy atom. The first-order valence-electron chi connectivity index (χ1n) is 11.3. The summed E-state index contributed by atoms with van der Waals surface area (Å²) >= 11 is 0. The normalized spacial score (nSPS) is 14.0. The Hall–Kier alpha value is -3.90. The van der Waals surface area contributed by atoms with Crippen LogP contribution >= 0.6 is 0 Å². The number of fused-ring (bicyclic) bond motifs is 10. The second-order valence-electron chi connectivity index (χ2n) is 9.01. The largest absolute Gasteiger partial charge is 0.0725 e. The molecule has 2 aliphatic rings. The summed E-state index contributed by atoms with van der Waals surface area (Å²) < 4.78 is 0. The predicted octanol–water partition coefficient (Wildman–Crippen LogP) is 8.01. The fraction of sp³-hybridized carbons (Fsp3) is 0.0625. The van der Waals surface area contributed by atoms with E-state index in [2.05, 4.69) is 122 Å². The number of benzene rings is 5. The van der Waals surface area contributed by atoms with Crippen LogP contribution in [0.15, 0.2) is 115 Å². The van der Waals surface area contributed by atoms with Crippen molar-refractivity contribution in [2.75, 3.05) is 0 Å². The van der Waals surface area contributed by atoms with E-state index in [0.717, 1.165) is 0 Å². The van der Waals surface area contributed by atoms with E-state index in [0.29, 0.717) is 0 Å². The molecule has 0 heteroatoms. The molecule has 0 aromatic heterocycles. The molecule has 0 amide bonds. The van der Waals surface area contributed by atoms with Gasteiger partial charge in [-0.25, -0.2) is 0 Å². The van der Waals surface area contributed by atoms with Crippen LogP contribution in [0.2, 0.25) is 0 Å². The summed E-state index contributed by atoms with van der Waals surface area (Å²) in [6.07, 6.45) is 0. The highest BCUT2D eigenvalue weighted by Crippen LogP contribution is 2.62. The topological polar surface area (TPSA) is 0 Å². The first-order valence-corrected chi connectivity index (χ1v) is 11.3. The molecule has 0 bridgehead atoms. The van der Waals surface area contributed by atoms with Crippen molar-refractivity contribution >= 4 is 0 Å². The lowest BCUT2D eigenvalue weighted by molar-refractivity contribution is 0.794. The summed E-state index contributed by atoms with van der Waals surface area (Å²) in [5.74, 6) is 0. The molecule has 0 radical (unpaired) electrons. The Morgan fingerprint density at radius 1 is 0.406 bits per heavy atom. The van der Waals surface area contributed by atoms with E-state index in [1.165, 1.54) is 61.2 Å². The molecule has 0 saturated heterocycles. The molecule has 1 spiro atoms. The lowest BCUT2D eigenvalue weighted by Gasteiger charge is -2.30. The van der Waals surface area contributed by atoms with Crippen molar-refractivity contribution in [3.05, 3.63) is 143 Å². The summed E-state index contributed by atoms with van der Waals surface area (Å²) in [5, 5.41) is 0. The minimum Gasteiger partial charge on any atom is -0.0619 e. The summed E-state index contributed by atoms with van der Waals surface area (Å²) in [4.78, 5) is 0. The zero-order valence-electron chi connectivity index (χ0n) is 18.0. The molecule has 5 aromatic rings. The van der Waals surface area contributed by atoms with Gasteiger partial charge in [0.15, 0.2) is 0 Å². The van der Waals surface area contributed by atoms with Crippen LogP contribution in [-0.4, -0.2) is 0 Å². The van der Waals surface area contributed by atoms with E-state index < -0.39 is 0 Å². The van der Waals surface area contributed by atoms with Crippen molar-refractivity contribution in [1.29, 1.82) is 0 Å². The predicted molar refractivity (Wildman–Crippen MR) is 133 cm³/mol. The third-order valence-corrected chi connectivity index (χ3v) is 7.38. The van der Waals surface area contributed by atoms with E-state index in [1.807, 2.05) is 0 Å². The molecule has 5 aromatic carbocycles. The fourth-order valence-corrected chi connectivity index (χ4v) is 6.03. The minimum absolute atomic E-state index is 0.245. The zero-order valence-corrected chi connectivity index (χ0v) is 18.0. The molecule has 0 atom stereocenters. The molecular weight excluding hydrogens is 384 g/mol. The van der Waals surface area contributed by atoms with Gasteiger partial charge in [-0.05, 0) is 68.6 Å². The van der Waals surface area contributed by atoms with Crippen LogP contribution in [0.5, 0.6) is 0 Å². The maximum absolute atomic E-state index is 2.40. The van der Waals surface area contributed by atoms with E-state index in [-0.39, 0.29) is 5.41 Å². The molecule has 0 saturated carbocycles. The molecule has 0 unspecified atom stereocenters. The van der Waals surface area contributed by atoms with Gasteiger partial charge in [0.05, 0.1) is 5.41 Å². The first kappa shape index (κ1) is 17.7. The number of hydrogen-bond acceptors (Lipinski definition) is 0. The quantitative estimate of drug-likeness (QED) is 0.259. The molecule has 0 N–H and O–H groups in total. The zero-order chi connectivity index (χ0) is 21.3. The molecule has 150 valence electrons. The van der Waals surface area contributed by atoms with Crippen LogP contribution in [0.4, 0.5) is 0 Å². The van der Waals surface area contributed by atoms with Gasteiger partial charge in [0.2, 0.25) is 0 Å². The van der Waals surface area contributed by atoms with E-state index in [9.17, 15) is 0 Å². The summed E-state index contributed by atoms with van der Waals surface area (Å²) in [7, 11) is 0.